The summed E-state index contributed by atoms with van der Waals surface area (Å²) in [5, 5.41) is 19.0. The summed E-state index contributed by atoms with van der Waals surface area (Å²) < 4.78 is 2.15. The molecule has 0 aliphatic carbocycles. The second-order valence-electron chi connectivity index (χ2n) is 11.3. The van der Waals surface area contributed by atoms with E-state index in [1.54, 1.807) is 0 Å². The van der Waals surface area contributed by atoms with E-state index in [0.29, 0.717) is 24.2 Å². The zero-order chi connectivity index (χ0) is 31.2. The van der Waals surface area contributed by atoms with Gasteiger partial charge in [0.15, 0.2) is 0 Å². The molecule has 8 bridgehead atoms. The molecule has 43 heavy (non-hydrogen) atoms. The van der Waals surface area contributed by atoms with Gasteiger partial charge in [0.25, 0.3) is 0 Å². The molecule has 0 aromatic carbocycles. The summed E-state index contributed by atoms with van der Waals surface area (Å²) in [5.74, 6) is -1.75. The van der Waals surface area contributed by atoms with Crippen LogP contribution in [0.25, 0.3) is 50.4 Å². The van der Waals surface area contributed by atoms with Crippen molar-refractivity contribution in [2.45, 2.75) is 66.7 Å². The summed E-state index contributed by atoms with van der Waals surface area (Å²) in [6.45, 7) is 14.4. The van der Waals surface area contributed by atoms with Crippen LogP contribution in [0.2, 0.25) is 0 Å². The van der Waals surface area contributed by atoms with Gasteiger partial charge in [-0.05, 0) is 110 Å². The first-order valence-corrected chi connectivity index (χ1v) is 14.6. The number of aliphatic carboxylic acids is 2. The molecule has 3 aromatic rings. The van der Waals surface area contributed by atoms with Crippen LogP contribution >= 0.6 is 0 Å². The molecule has 0 atom stereocenters. The van der Waals surface area contributed by atoms with E-state index in [1.165, 1.54) is 11.1 Å². The van der Waals surface area contributed by atoms with Crippen LogP contribution in [0, 0.1) is 13.8 Å². The quantitative estimate of drug-likeness (QED) is 0.251. The first-order valence-electron chi connectivity index (χ1n) is 14.6. The molecule has 3 aromatic heterocycles. The molecule has 5 rings (SSSR count). The number of carbonyl (C=O) groups is 2. The Morgan fingerprint density at radius 1 is 0.814 bits per heavy atom. The Morgan fingerprint density at radius 2 is 1.37 bits per heavy atom. The van der Waals surface area contributed by atoms with Crippen LogP contribution in [0.3, 0.4) is 0 Å². The SMILES string of the molecule is C=Cc1c(C)c2cc3nc(cc4nc(cc5[nH]c(cc1n2C)c(C)c5CC)C(C)=C4CCC(=O)O)C(CCC(=O)O)=C3C. The molecule has 0 saturated carbocycles. The zero-order valence-electron chi connectivity index (χ0n) is 25.7. The number of carboxylic acids is 2. The number of aromatic amines is 1. The van der Waals surface area contributed by atoms with Gasteiger partial charge in [-0.2, -0.15) is 0 Å². The minimum absolute atomic E-state index is 0.0212. The number of hydrogen-bond donors (Lipinski definition) is 3. The number of aryl methyl sites for hydroxylation is 4. The lowest BCUT2D eigenvalue weighted by molar-refractivity contribution is -0.137. The van der Waals surface area contributed by atoms with Crippen LogP contribution in [0.5, 0.6) is 0 Å². The van der Waals surface area contributed by atoms with E-state index in [4.69, 9.17) is 9.97 Å². The highest BCUT2D eigenvalue weighted by molar-refractivity contribution is 5.96. The fraction of sp³-hybridized carbons (Fsp3) is 0.314. The average Bonchev–Trinajstić information content (AvgIpc) is 3.59. The van der Waals surface area contributed by atoms with E-state index in [0.717, 1.165) is 73.3 Å². The van der Waals surface area contributed by atoms with Gasteiger partial charge in [0.2, 0.25) is 0 Å². The van der Waals surface area contributed by atoms with Crippen molar-refractivity contribution in [2.24, 2.45) is 7.05 Å². The highest BCUT2D eigenvalue weighted by atomic mass is 16.4. The van der Waals surface area contributed by atoms with Crippen LogP contribution in [0.1, 0.15) is 91.5 Å². The van der Waals surface area contributed by atoms with E-state index < -0.39 is 11.9 Å². The van der Waals surface area contributed by atoms with Crippen molar-refractivity contribution < 1.29 is 19.8 Å². The van der Waals surface area contributed by atoms with Gasteiger partial charge in [-0.1, -0.05) is 19.6 Å². The van der Waals surface area contributed by atoms with Crippen molar-refractivity contribution in [3.63, 3.8) is 0 Å². The molecule has 5 heterocycles. The third kappa shape index (κ3) is 5.33. The molecule has 0 unspecified atom stereocenters. The lowest BCUT2D eigenvalue weighted by atomic mass is 9.98. The Labute approximate surface area is 251 Å². The first-order chi connectivity index (χ1) is 20.4. The summed E-state index contributed by atoms with van der Waals surface area (Å²) in [6, 6.07) is 8.17. The van der Waals surface area contributed by atoms with Gasteiger partial charge in [0.05, 0.1) is 28.3 Å². The van der Waals surface area contributed by atoms with E-state index in [2.05, 4.69) is 55.1 Å². The Hall–Kier alpha value is -4.72. The number of allylic oxidation sites excluding steroid dienone is 4. The summed E-state index contributed by atoms with van der Waals surface area (Å²) in [4.78, 5) is 36.8. The number of hydrogen-bond acceptors (Lipinski definition) is 4. The monoisotopic (exact) mass is 578 g/mol. The highest BCUT2D eigenvalue weighted by Crippen LogP contribution is 2.38. The third-order valence-corrected chi connectivity index (χ3v) is 8.86. The minimum Gasteiger partial charge on any atom is -0.481 e. The summed E-state index contributed by atoms with van der Waals surface area (Å²) >= 11 is 0. The fourth-order valence-corrected chi connectivity index (χ4v) is 6.33. The standard InChI is InChI=1S/C35H38N4O4/c1-8-22-18(3)28-17-33-23(9-2)21(6)32(39(33)7)16-27-20(5)25(11-13-35(42)43)31(38-27)15-30-24(10-12-34(40)41)19(4)26(36-30)14-29(22)37-28/h9,14-17,37H,2,8,10-13H2,1,3-7H3,(H,40,41)(H,42,43). The molecular weight excluding hydrogens is 540 g/mol. The van der Waals surface area contributed by atoms with Crippen LogP contribution in [0.4, 0.5) is 0 Å². The van der Waals surface area contributed by atoms with Crippen molar-refractivity contribution in [3.05, 3.63) is 75.9 Å². The van der Waals surface area contributed by atoms with Crippen molar-refractivity contribution in [2.75, 3.05) is 0 Å². The molecule has 0 spiro atoms. The molecule has 222 valence electrons. The summed E-state index contributed by atoms with van der Waals surface area (Å²) in [6.07, 6.45) is 3.32. The molecule has 2 aliphatic heterocycles. The fourth-order valence-electron chi connectivity index (χ4n) is 6.33. The molecule has 0 radical (unpaired) electrons. The minimum atomic E-state index is -0.877. The molecule has 0 amide bonds. The molecule has 3 N–H and O–H groups in total. The Kier molecular flexibility index (Phi) is 7.97. The molecule has 8 heteroatoms. The van der Waals surface area contributed by atoms with Gasteiger partial charge in [0, 0.05) is 42.0 Å². The molecule has 0 saturated heterocycles. The maximum Gasteiger partial charge on any atom is 0.303 e. The third-order valence-electron chi connectivity index (χ3n) is 8.86. The van der Waals surface area contributed by atoms with Gasteiger partial charge >= 0.3 is 11.9 Å². The van der Waals surface area contributed by atoms with Crippen LogP contribution in [-0.4, -0.2) is 41.7 Å². The van der Waals surface area contributed by atoms with Crippen molar-refractivity contribution >= 4 is 62.4 Å². The normalized spacial score (nSPS) is 13.2. The van der Waals surface area contributed by atoms with Gasteiger partial charge in [-0.3, -0.25) is 9.59 Å². The van der Waals surface area contributed by atoms with Gasteiger partial charge in [-0.25, -0.2) is 9.97 Å². The lowest BCUT2D eigenvalue weighted by Gasteiger charge is -2.05. The van der Waals surface area contributed by atoms with Crippen molar-refractivity contribution in [3.8, 4) is 0 Å². The first kappa shape index (κ1) is 29.8. The predicted molar refractivity (Wildman–Crippen MR) is 173 cm³/mol. The predicted octanol–water partition coefficient (Wildman–Crippen LogP) is 7.74. The van der Waals surface area contributed by atoms with E-state index in [1.807, 2.05) is 33.0 Å². The highest BCUT2D eigenvalue weighted by Gasteiger charge is 2.23. The van der Waals surface area contributed by atoms with Crippen molar-refractivity contribution in [1.82, 2.24) is 19.5 Å². The number of rotatable bonds is 8. The lowest BCUT2D eigenvalue weighted by Crippen LogP contribution is -1.97. The topological polar surface area (TPSA) is 121 Å². The average molecular weight is 579 g/mol. The Balaban J connectivity index is 1.96. The van der Waals surface area contributed by atoms with Gasteiger partial charge in [0.1, 0.15) is 0 Å². The Morgan fingerprint density at radius 3 is 1.88 bits per heavy atom. The van der Waals surface area contributed by atoms with Crippen LogP contribution < -0.4 is 0 Å². The molecule has 8 nitrogen and oxygen atoms in total. The van der Waals surface area contributed by atoms with Gasteiger partial charge in [-0.15, -0.1) is 0 Å². The molecular formula is C35H38N4O4. The van der Waals surface area contributed by atoms with E-state index >= 15 is 0 Å². The number of aromatic nitrogens is 4. The van der Waals surface area contributed by atoms with Gasteiger partial charge < -0.3 is 19.8 Å². The van der Waals surface area contributed by atoms with E-state index in [9.17, 15) is 19.8 Å². The Bertz CT molecular complexity index is 1930. The van der Waals surface area contributed by atoms with Crippen LogP contribution in [0.15, 0.2) is 30.8 Å². The largest absolute Gasteiger partial charge is 0.481 e. The maximum absolute atomic E-state index is 11.6. The summed E-state index contributed by atoms with van der Waals surface area (Å²) in [5.41, 5.74) is 14.9. The number of nitrogens with one attached hydrogen (secondary N) is 1. The van der Waals surface area contributed by atoms with E-state index in [-0.39, 0.29) is 12.8 Å². The molecule has 2 aliphatic rings. The second-order valence-corrected chi connectivity index (χ2v) is 11.3. The number of carboxylic acid groups (broad SMARTS) is 2. The molecule has 0 fully saturated rings. The zero-order valence-corrected chi connectivity index (χ0v) is 25.7. The van der Waals surface area contributed by atoms with Crippen molar-refractivity contribution in [1.29, 1.82) is 0 Å². The smallest absolute Gasteiger partial charge is 0.303 e. The number of fused-ring (bicyclic) bond motifs is 8. The summed E-state index contributed by atoms with van der Waals surface area (Å²) in [7, 11) is 2.04. The second kappa shape index (κ2) is 11.5. The number of nitrogens with zero attached hydrogens (tertiary/aromatic N) is 3. The van der Waals surface area contributed by atoms with Crippen LogP contribution in [-0.2, 0) is 23.1 Å². The maximum atomic E-state index is 11.6. The number of H-pyrrole nitrogens is 1.